The highest BCUT2D eigenvalue weighted by Crippen LogP contribution is 2.20. The van der Waals surface area contributed by atoms with Crippen LogP contribution in [-0.4, -0.2) is 30.7 Å². The zero-order valence-electron chi connectivity index (χ0n) is 12.2. The Bertz CT molecular complexity index is 407. The Kier molecular flexibility index (Phi) is 5.36. The number of anilines is 2. The van der Waals surface area contributed by atoms with Gasteiger partial charge in [0.05, 0.1) is 6.61 Å². The third-order valence-corrected chi connectivity index (χ3v) is 2.92. The molecule has 0 spiro atoms. The molecule has 1 aromatic rings. The first-order valence-electron chi connectivity index (χ1n) is 6.65. The second kappa shape index (κ2) is 6.57. The van der Waals surface area contributed by atoms with Gasteiger partial charge in [-0.15, -0.1) is 0 Å². The van der Waals surface area contributed by atoms with E-state index >= 15 is 0 Å². The van der Waals surface area contributed by atoms with E-state index in [1.807, 2.05) is 52.0 Å². The summed E-state index contributed by atoms with van der Waals surface area (Å²) in [5, 5.41) is 11.9. The van der Waals surface area contributed by atoms with E-state index in [2.05, 4.69) is 10.2 Å². The SMILES string of the molecule is CCN(CCO)c1ccc(NC(=O)C(C)(C)C)cc1. The largest absolute Gasteiger partial charge is 0.395 e. The molecule has 0 saturated carbocycles. The molecule has 0 unspecified atom stereocenters. The first-order chi connectivity index (χ1) is 8.88. The Balaban J connectivity index is 2.74. The first-order valence-corrected chi connectivity index (χ1v) is 6.65. The minimum Gasteiger partial charge on any atom is -0.395 e. The minimum atomic E-state index is -0.398. The third-order valence-electron chi connectivity index (χ3n) is 2.92. The summed E-state index contributed by atoms with van der Waals surface area (Å²) in [6.07, 6.45) is 0. The third kappa shape index (κ3) is 4.56. The van der Waals surface area contributed by atoms with Gasteiger partial charge in [0.2, 0.25) is 5.91 Å². The van der Waals surface area contributed by atoms with Crippen LogP contribution in [0.3, 0.4) is 0 Å². The molecule has 4 heteroatoms. The molecule has 4 nitrogen and oxygen atoms in total. The number of carbonyl (C=O) groups is 1. The van der Waals surface area contributed by atoms with Crippen molar-refractivity contribution >= 4 is 17.3 Å². The summed E-state index contributed by atoms with van der Waals surface area (Å²) < 4.78 is 0. The molecule has 0 aliphatic carbocycles. The van der Waals surface area contributed by atoms with Gasteiger partial charge in [-0.1, -0.05) is 20.8 Å². The van der Waals surface area contributed by atoms with Gasteiger partial charge in [0.15, 0.2) is 0 Å². The number of nitrogens with zero attached hydrogens (tertiary/aromatic N) is 1. The maximum atomic E-state index is 11.9. The molecular weight excluding hydrogens is 240 g/mol. The van der Waals surface area contributed by atoms with Crippen molar-refractivity contribution in [2.24, 2.45) is 5.41 Å². The Morgan fingerprint density at radius 3 is 2.26 bits per heavy atom. The molecule has 0 atom stereocenters. The zero-order chi connectivity index (χ0) is 14.5. The summed E-state index contributed by atoms with van der Waals surface area (Å²) in [6, 6.07) is 7.69. The standard InChI is InChI=1S/C15H24N2O2/c1-5-17(10-11-18)13-8-6-12(7-9-13)16-14(19)15(2,3)4/h6-9,18H,5,10-11H2,1-4H3,(H,16,19). The molecule has 19 heavy (non-hydrogen) atoms. The number of hydrogen-bond acceptors (Lipinski definition) is 3. The summed E-state index contributed by atoms with van der Waals surface area (Å²) >= 11 is 0. The van der Waals surface area contributed by atoms with Crippen molar-refractivity contribution in [1.29, 1.82) is 0 Å². The van der Waals surface area contributed by atoms with E-state index in [1.54, 1.807) is 0 Å². The Hall–Kier alpha value is -1.55. The number of hydrogen-bond donors (Lipinski definition) is 2. The number of aliphatic hydroxyl groups is 1. The van der Waals surface area contributed by atoms with Gasteiger partial charge < -0.3 is 15.3 Å². The maximum absolute atomic E-state index is 11.9. The fraction of sp³-hybridized carbons (Fsp3) is 0.533. The number of amides is 1. The van der Waals surface area contributed by atoms with Crippen molar-refractivity contribution in [1.82, 2.24) is 0 Å². The van der Waals surface area contributed by atoms with Crippen molar-refractivity contribution in [2.45, 2.75) is 27.7 Å². The molecule has 0 fully saturated rings. The molecule has 0 bridgehead atoms. The molecule has 0 aliphatic heterocycles. The molecular formula is C15H24N2O2. The number of likely N-dealkylation sites (N-methyl/N-ethyl adjacent to an activating group) is 1. The minimum absolute atomic E-state index is 0.00274. The van der Waals surface area contributed by atoms with E-state index in [-0.39, 0.29) is 12.5 Å². The molecule has 0 heterocycles. The van der Waals surface area contributed by atoms with Crippen LogP contribution in [0.25, 0.3) is 0 Å². The molecule has 2 N–H and O–H groups in total. The molecule has 106 valence electrons. The van der Waals surface area contributed by atoms with E-state index in [9.17, 15) is 4.79 Å². The lowest BCUT2D eigenvalue weighted by molar-refractivity contribution is -0.123. The van der Waals surface area contributed by atoms with Crippen LogP contribution in [0.2, 0.25) is 0 Å². The lowest BCUT2D eigenvalue weighted by Crippen LogP contribution is -2.28. The lowest BCUT2D eigenvalue weighted by Gasteiger charge is -2.22. The number of nitrogens with one attached hydrogen (secondary N) is 1. The van der Waals surface area contributed by atoms with Crippen LogP contribution in [0, 0.1) is 5.41 Å². The van der Waals surface area contributed by atoms with Crippen molar-refractivity contribution in [2.75, 3.05) is 29.9 Å². The highest BCUT2D eigenvalue weighted by molar-refractivity contribution is 5.94. The number of aliphatic hydroxyl groups excluding tert-OH is 1. The van der Waals surface area contributed by atoms with E-state index in [4.69, 9.17) is 5.11 Å². The second-order valence-electron chi connectivity index (χ2n) is 5.55. The Morgan fingerprint density at radius 1 is 1.26 bits per heavy atom. The predicted octanol–water partition coefficient (Wildman–Crippen LogP) is 2.49. The molecule has 0 radical (unpaired) electrons. The second-order valence-corrected chi connectivity index (χ2v) is 5.55. The van der Waals surface area contributed by atoms with Crippen molar-refractivity contribution in [3.63, 3.8) is 0 Å². The van der Waals surface area contributed by atoms with Crippen LogP contribution in [0.15, 0.2) is 24.3 Å². The van der Waals surface area contributed by atoms with Crippen LogP contribution in [0.5, 0.6) is 0 Å². The molecule has 0 aromatic heterocycles. The van der Waals surface area contributed by atoms with E-state index in [0.717, 1.165) is 17.9 Å². The number of carbonyl (C=O) groups excluding carboxylic acids is 1. The van der Waals surface area contributed by atoms with Gasteiger partial charge in [0.25, 0.3) is 0 Å². The summed E-state index contributed by atoms with van der Waals surface area (Å²) in [6.45, 7) is 9.30. The molecule has 0 aliphatic rings. The number of benzene rings is 1. The van der Waals surface area contributed by atoms with Crippen LogP contribution in [-0.2, 0) is 4.79 Å². The van der Waals surface area contributed by atoms with E-state index in [0.29, 0.717) is 6.54 Å². The topological polar surface area (TPSA) is 52.6 Å². The number of rotatable bonds is 5. The smallest absolute Gasteiger partial charge is 0.229 e. The predicted molar refractivity (Wildman–Crippen MR) is 79.5 cm³/mol. The van der Waals surface area contributed by atoms with Crippen molar-refractivity contribution in [3.8, 4) is 0 Å². The average molecular weight is 264 g/mol. The normalized spacial score (nSPS) is 11.2. The molecule has 1 amide bonds. The Labute approximate surface area is 115 Å². The molecule has 1 aromatic carbocycles. The van der Waals surface area contributed by atoms with Gasteiger partial charge in [-0.3, -0.25) is 4.79 Å². The van der Waals surface area contributed by atoms with Crippen LogP contribution in [0.1, 0.15) is 27.7 Å². The van der Waals surface area contributed by atoms with Crippen molar-refractivity contribution < 1.29 is 9.90 Å². The fourth-order valence-corrected chi connectivity index (χ4v) is 1.66. The van der Waals surface area contributed by atoms with Crippen LogP contribution >= 0.6 is 0 Å². The van der Waals surface area contributed by atoms with Crippen LogP contribution < -0.4 is 10.2 Å². The summed E-state index contributed by atoms with van der Waals surface area (Å²) in [4.78, 5) is 13.9. The summed E-state index contributed by atoms with van der Waals surface area (Å²) in [7, 11) is 0. The zero-order valence-corrected chi connectivity index (χ0v) is 12.2. The van der Waals surface area contributed by atoms with Gasteiger partial charge in [-0.25, -0.2) is 0 Å². The van der Waals surface area contributed by atoms with Crippen LogP contribution in [0.4, 0.5) is 11.4 Å². The fourth-order valence-electron chi connectivity index (χ4n) is 1.66. The average Bonchev–Trinajstić information content (AvgIpc) is 2.36. The van der Waals surface area contributed by atoms with Crippen molar-refractivity contribution in [3.05, 3.63) is 24.3 Å². The van der Waals surface area contributed by atoms with Gasteiger partial charge in [-0.2, -0.15) is 0 Å². The monoisotopic (exact) mass is 264 g/mol. The summed E-state index contributed by atoms with van der Waals surface area (Å²) in [5.41, 5.74) is 1.44. The van der Waals surface area contributed by atoms with Gasteiger partial charge in [0, 0.05) is 29.9 Å². The lowest BCUT2D eigenvalue weighted by atomic mass is 9.95. The highest BCUT2D eigenvalue weighted by atomic mass is 16.3. The van der Waals surface area contributed by atoms with E-state index in [1.165, 1.54) is 0 Å². The molecule has 1 rings (SSSR count). The highest BCUT2D eigenvalue weighted by Gasteiger charge is 2.21. The summed E-state index contributed by atoms with van der Waals surface area (Å²) in [5.74, 6) is 0.00274. The quantitative estimate of drug-likeness (QED) is 0.859. The van der Waals surface area contributed by atoms with E-state index < -0.39 is 5.41 Å². The van der Waals surface area contributed by atoms with Gasteiger partial charge in [0.1, 0.15) is 0 Å². The van der Waals surface area contributed by atoms with Gasteiger partial charge in [-0.05, 0) is 31.2 Å². The molecule has 0 saturated heterocycles. The Morgan fingerprint density at radius 2 is 1.84 bits per heavy atom. The first kappa shape index (κ1) is 15.5. The van der Waals surface area contributed by atoms with Gasteiger partial charge >= 0.3 is 0 Å². The maximum Gasteiger partial charge on any atom is 0.229 e.